The van der Waals surface area contributed by atoms with Crippen LogP contribution < -0.4 is 5.56 Å². The number of terminal acetylenes is 1. The Morgan fingerprint density at radius 1 is 1.14 bits per heavy atom. The highest BCUT2D eigenvalue weighted by atomic mass is 16.1. The lowest BCUT2D eigenvalue weighted by Crippen LogP contribution is -2.27. The summed E-state index contributed by atoms with van der Waals surface area (Å²) in [6, 6.07) is 15.0. The van der Waals surface area contributed by atoms with Crippen molar-refractivity contribution < 1.29 is 0 Å². The maximum atomic E-state index is 14.0. The number of hydrogen-bond acceptors (Lipinski definition) is 3. The van der Waals surface area contributed by atoms with Crippen LogP contribution in [0.4, 0.5) is 0 Å². The summed E-state index contributed by atoms with van der Waals surface area (Å²) in [5, 5.41) is 0.620. The van der Waals surface area contributed by atoms with Crippen LogP contribution in [-0.4, -0.2) is 15.3 Å². The van der Waals surface area contributed by atoms with E-state index < -0.39 is 6.04 Å². The molecule has 2 aliphatic rings. The van der Waals surface area contributed by atoms with Gasteiger partial charge in [-0.05, 0) is 55.5 Å². The fourth-order valence-electron chi connectivity index (χ4n) is 4.95. The predicted octanol–water partition coefficient (Wildman–Crippen LogP) is 6.61. The van der Waals surface area contributed by atoms with Crippen LogP contribution >= 0.6 is 0 Å². The molecule has 0 fully saturated rings. The van der Waals surface area contributed by atoms with Crippen molar-refractivity contribution in [2.45, 2.75) is 38.6 Å². The van der Waals surface area contributed by atoms with Gasteiger partial charge in [-0.2, -0.15) is 0 Å². The Morgan fingerprint density at radius 2 is 2.00 bits per heavy atom. The van der Waals surface area contributed by atoms with Crippen LogP contribution in [0.1, 0.15) is 43.1 Å². The first-order valence-corrected chi connectivity index (χ1v) is 12.5. The highest BCUT2D eigenvalue weighted by Crippen LogP contribution is 2.30. The summed E-state index contributed by atoms with van der Waals surface area (Å²) in [5.74, 6) is 3.54. The number of para-hydroxylation sites is 1. The van der Waals surface area contributed by atoms with Crippen molar-refractivity contribution in [1.29, 1.82) is 0 Å². The largest absolute Gasteiger partial charge is 0.276 e. The average Bonchev–Trinajstić information content (AvgIpc) is 2.92. The molecule has 0 saturated heterocycles. The molecule has 0 aliphatic heterocycles. The Hall–Kier alpha value is -4.23. The molecule has 36 heavy (non-hydrogen) atoms. The van der Waals surface area contributed by atoms with E-state index in [1.807, 2.05) is 55.5 Å². The van der Waals surface area contributed by atoms with Gasteiger partial charge in [0.1, 0.15) is 11.9 Å². The van der Waals surface area contributed by atoms with E-state index in [1.165, 1.54) is 5.57 Å². The van der Waals surface area contributed by atoms with Crippen LogP contribution in [0.15, 0.2) is 106 Å². The van der Waals surface area contributed by atoms with Gasteiger partial charge in [0.2, 0.25) is 0 Å². The van der Waals surface area contributed by atoms with E-state index in [0.717, 1.165) is 36.2 Å². The van der Waals surface area contributed by atoms with Gasteiger partial charge in [0, 0.05) is 18.1 Å². The van der Waals surface area contributed by atoms with Crippen molar-refractivity contribution >= 4 is 16.6 Å². The zero-order valence-corrected chi connectivity index (χ0v) is 20.5. The average molecular weight is 472 g/mol. The van der Waals surface area contributed by atoms with Crippen molar-refractivity contribution in [3.8, 4) is 18.0 Å². The summed E-state index contributed by atoms with van der Waals surface area (Å²) in [4.78, 5) is 24.3. The highest BCUT2D eigenvalue weighted by Gasteiger charge is 2.25. The number of aliphatic imine (C=N–C) groups is 1. The normalized spacial score (nSPS) is 18.2. The molecule has 0 bridgehead atoms. The number of fused-ring (bicyclic) bond motifs is 1. The topological polar surface area (TPSA) is 47.2 Å². The van der Waals surface area contributed by atoms with Gasteiger partial charge in [-0.3, -0.25) is 14.4 Å². The number of hydrogen-bond donors (Lipinski definition) is 0. The summed E-state index contributed by atoms with van der Waals surface area (Å²) in [6.45, 7) is 1.95. The van der Waals surface area contributed by atoms with Gasteiger partial charge < -0.3 is 0 Å². The van der Waals surface area contributed by atoms with E-state index >= 15 is 0 Å². The summed E-state index contributed by atoms with van der Waals surface area (Å²) in [7, 11) is 0. The number of aryl methyl sites for hydroxylation is 1. The first-order valence-electron chi connectivity index (χ1n) is 12.5. The third-order valence-electron chi connectivity index (χ3n) is 6.73. The lowest BCUT2D eigenvalue weighted by atomic mass is 9.87. The van der Waals surface area contributed by atoms with Gasteiger partial charge >= 0.3 is 0 Å². The fourth-order valence-corrected chi connectivity index (χ4v) is 4.95. The maximum absolute atomic E-state index is 14.0. The van der Waals surface area contributed by atoms with E-state index in [2.05, 4.69) is 48.5 Å². The van der Waals surface area contributed by atoms with E-state index in [4.69, 9.17) is 16.4 Å². The van der Waals surface area contributed by atoms with Crippen LogP contribution in [0.5, 0.6) is 0 Å². The Kier molecular flexibility index (Phi) is 6.91. The second kappa shape index (κ2) is 10.6. The molecule has 1 heterocycles. The summed E-state index contributed by atoms with van der Waals surface area (Å²) in [5.41, 5.74) is 4.47. The van der Waals surface area contributed by atoms with E-state index in [-0.39, 0.29) is 11.5 Å². The summed E-state index contributed by atoms with van der Waals surface area (Å²) < 4.78 is 1.70. The van der Waals surface area contributed by atoms with Gasteiger partial charge in [-0.25, -0.2) is 4.98 Å². The van der Waals surface area contributed by atoms with Crippen molar-refractivity contribution in [2.75, 3.05) is 0 Å². The SMILES string of the molecule is C#CCC(N=C(C1=CC=CCC1)C1C=CC=CC1)c1nc2cccc(C)c2c(=O)n1-c1ccccc1. The van der Waals surface area contributed by atoms with Crippen LogP contribution in [-0.2, 0) is 0 Å². The van der Waals surface area contributed by atoms with Crippen molar-refractivity contribution in [3.63, 3.8) is 0 Å². The van der Waals surface area contributed by atoms with Gasteiger partial charge in [0.25, 0.3) is 5.56 Å². The molecule has 2 unspecified atom stereocenters. The third kappa shape index (κ3) is 4.65. The molecular formula is C32H29N3O. The first-order chi connectivity index (χ1) is 17.7. The Balaban J connectivity index is 1.76. The smallest absolute Gasteiger partial charge is 0.266 e. The zero-order chi connectivity index (χ0) is 24.9. The molecule has 0 N–H and O–H groups in total. The molecule has 178 valence electrons. The molecule has 5 rings (SSSR count). The van der Waals surface area contributed by atoms with Crippen molar-refractivity contribution in [1.82, 2.24) is 9.55 Å². The lowest BCUT2D eigenvalue weighted by Gasteiger charge is -2.24. The monoisotopic (exact) mass is 471 g/mol. The van der Waals surface area contributed by atoms with E-state index in [9.17, 15) is 4.79 Å². The van der Waals surface area contributed by atoms with E-state index in [0.29, 0.717) is 23.1 Å². The molecule has 2 aliphatic carbocycles. The summed E-state index contributed by atoms with van der Waals surface area (Å²) >= 11 is 0. The van der Waals surface area contributed by atoms with Gasteiger partial charge in [-0.15, -0.1) is 12.3 Å². The van der Waals surface area contributed by atoms with Crippen LogP contribution in [0, 0.1) is 25.2 Å². The standard InChI is InChI=1S/C32H29N3O/c1-3-14-28(33-30(24-16-7-4-8-17-24)25-18-9-5-10-19-25)31-34-27-22-13-15-23(2)29(27)32(36)35(31)26-20-11-6-12-21-26/h1,4-9,11-13,15-16,18,20-22,24,28H,10,14,17,19H2,2H3. The molecule has 3 aromatic rings. The number of rotatable bonds is 6. The predicted molar refractivity (Wildman–Crippen MR) is 149 cm³/mol. The molecule has 0 saturated carbocycles. The van der Waals surface area contributed by atoms with Gasteiger partial charge in [0.15, 0.2) is 0 Å². The number of nitrogens with zero attached hydrogens (tertiary/aromatic N) is 3. The lowest BCUT2D eigenvalue weighted by molar-refractivity contribution is 0.652. The molecule has 0 radical (unpaired) electrons. The molecule has 2 atom stereocenters. The Bertz CT molecular complexity index is 1530. The number of aromatic nitrogens is 2. The summed E-state index contributed by atoms with van der Waals surface area (Å²) in [6.07, 6.45) is 24.0. The Morgan fingerprint density at radius 3 is 2.72 bits per heavy atom. The minimum absolute atomic E-state index is 0.0987. The van der Waals surface area contributed by atoms with Gasteiger partial charge in [0.05, 0.1) is 16.6 Å². The van der Waals surface area contributed by atoms with Crippen molar-refractivity contribution in [3.05, 3.63) is 118 Å². The van der Waals surface area contributed by atoms with Crippen molar-refractivity contribution in [2.24, 2.45) is 10.9 Å². The molecule has 0 spiro atoms. The molecule has 1 aromatic heterocycles. The second-order valence-corrected chi connectivity index (χ2v) is 9.17. The maximum Gasteiger partial charge on any atom is 0.266 e. The molecular weight excluding hydrogens is 442 g/mol. The van der Waals surface area contributed by atoms with E-state index in [1.54, 1.807) is 4.57 Å². The molecule has 2 aromatic carbocycles. The van der Waals surface area contributed by atoms with Crippen LogP contribution in [0.25, 0.3) is 16.6 Å². The van der Waals surface area contributed by atoms with Crippen LogP contribution in [0.2, 0.25) is 0 Å². The molecule has 0 amide bonds. The number of allylic oxidation sites excluding steroid dienone is 8. The fraction of sp³-hybridized carbons (Fsp3) is 0.219. The molecule has 4 nitrogen and oxygen atoms in total. The second-order valence-electron chi connectivity index (χ2n) is 9.17. The zero-order valence-electron chi connectivity index (χ0n) is 20.5. The first kappa shape index (κ1) is 23.5. The molecule has 4 heteroatoms. The minimum Gasteiger partial charge on any atom is -0.276 e. The van der Waals surface area contributed by atoms with Crippen LogP contribution in [0.3, 0.4) is 0 Å². The highest BCUT2D eigenvalue weighted by molar-refractivity contribution is 6.03. The quantitative estimate of drug-likeness (QED) is 0.300. The number of benzene rings is 2. The van der Waals surface area contributed by atoms with Gasteiger partial charge in [-0.1, -0.05) is 72.9 Å². The Labute approximate surface area is 212 Å². The third-order valence-corrected chi connectivity index (χ3v) is 6.73. The minimum atomic E-state index is -0.464.